The van der Waals surface area contributed by atoms with Crippen molar-refractivity contribution in [2.24, 2.45) is 5.41 Å². The Kier molecular flexibility index (Phi) is 2.79. The van der Waals surface area contributed by atoms with Crippen LogP contribution in [0.3, 0.4) is 0 Å². The molecule has 1 aliphatic heterocycles. The van der Waals surface area contributed by atoms with Gasteiger partial charge < -0.3 is 15.0 Å². The lowest BCUT2D eigenvalue weighted by atomic mass is 9.84. The van der Waals surface area contributed by atoms with E-state index in [0.717, 1.165) is 10.9 Å². The highest BCUT2D eigenvalue weighted by molar-refractivity contribution is 6.09. The Labute approximate surface area is 121 Å². The maximum atomic E-state index is 12.7. The molecule has 0 aliphatic carbocycles. The normalized spacial score (nSPS) is 16.3. The van der Waals surface area contributed by atoms with Crippen LogP contribution in [0.25, 0.3) is 11.0 Å². The van der Waals surface area contributed by atoms with Crippen molar-refractivity contribution in [3.8, 4) is 0 Å². The van der Waals surface area contributed by atoms with Crippen molar-refractivity contribution in [2.45, 2.75) is 33.4 Å². The van der Waals surface area contributed by atoms with Crippen molar-refractivity contribution in [3.05, 3.63) is 29.6 Å². The van der Waals surface area contributed by atoms with Crippen molar-refractivity contribution in [3.63, 3.8) is 0 Å². The highest BCUT2D eigenvalue weighted by Gasteiger charge is 2.42. The van der Waals surface area contributed by atoms with E-state index in [1.807, 2.05) is 26.8 Å². The predicted octanol–water partition coefficient (Wildman–Crippen LogP) is 2.02. The zero-order valence-electron chi connectivity index (χ0n) is 12.2. The molecule has 0 radical (unpaired) electrons. The number of aliphatic carboxylic acids is 1. The zero-order chi connectivity index (χ0) is 15.4. The molecule has 0 aromatic carbocycles. The third kappa shape index (κ3) is 1.98. The highest BCUT2D eigenvalue weighted by atomic mass is 16.4. The Morgan fingerprint density at radius 3 is 2.81 bits per heavy atom. The summed E-state index contributed by atoms with van der Waals surface area (Å²) in [6.07, 6.45) is 3.27. The summed E-state index contributed by atoms with van der Waals surface area (Å²) >= 11 is 0. The first-order chi connectivity index (χ1) is 9.80. The SMILES string of the molecule is CC(C)(C)C(C(=O)O)N1Cc2ccnc3[nH]cc(c23)C1=O. The van der Waals surface area contributed by atoms with Crippen LogP contribution in [0, 0.1) is 5.41 Å². The number of pyridine rings is 1. The Morgan fingerprint density at radius 2 is 2.19 bits per heavy atom. The van der Waals surface area contributed by atoms with E-state index in [2.05, 4.69) is 9.97 Å². The number of nitrogens with one attached hydrogen (secondary N) is 1. The lowest BCUT2D eigenvalue weighted by Gasteiger charge is -2.38. The van der Waals surface area contributed by atoms with Crippen molar-refractivity contribution in [2.75, 3.05) is 0 Å². The molecule has 0 saturated carbocycles. The van der Waals surface area contributed by atoms with Gasteiger partial charge in [-0.15, -0.1) is 0 Å². The van der Waals surface area contributed by atoms with Gasteiger partial charge in [-0.1, -0.05) is 20.8 Å². The van der Waals surface area contributed by atoms with Crippen LogP contribution < -0.4 is 0 Å². The molecular weight excluding hydrogens is 270 g/mol. The number of carboxylic acids is 1. The number of amides is 1. The standard InChI is InChI=1S/C15H17N3O3/c1-15(2,3)11(14(20)21)18-7-8-4-5-16-12-10(8)9(6-17-12)13(18)19/h4-6,11H,7H2,1-3H3,(H,16,17)(H,20,21). The topological polar surface area (TPSA) is 86.3 Å². The van der Waals surface area contributed by atoms with Crippen LogP contribution >= 0.6 is 0 Å². The molecule has 3 rings (SSSR count). The molecule has 3 heterocycles. The van der Waals surface area contributed by atoms with E-state index in [4.69, 9.17) is 0 Å². The van der Waals surface area contributed by atoms with Gasteiger partial charge in [-0.3, -0.25) is 4.79 Å². The number of carbonyl (C=O) groups excluding carboxylic acids is 1. The van der Waals surface area contributed by atoms with Gasteiger partial charge in [0.25, 0.3) is 5.91 Å². The predicted molar refractivity (Wildman–Crippen MR) is 76.8 cm³/mol. The fourth-order valence-corrected chi connectivity index (χ4v) is 3.01. The van der Waals surface area contributed by atoms with Gasteiger partial charge in [0.15, 0.2) is 0 Å². The summed E-state index contributed by atoms with van der Waals surface area (Å²) < 4.78 is 0. The minimum Gasteiger partial charge on any atom is -0.480 e. The van der Waals surface area contributed by atoms with E-state index < -0.39 is 17.4 Å². The van der Waals surface area contributed by atoms with Crippen LogP contribution in [0.4, 0.5) is 0 Å². The first-order valence-corrected chi connectivity index (χ1v) is 6.79. The van der Waals surface area contributed by atoms with Crippen molar-refractivity contribution >= 4 is 22.9 Å². The summed E-state index contributed by atoms with van der Waals surface area (Å²) in [4.78, 5) is 32.9. The average Bonchev–Trinajstić information content (AvgIpc) is 2.79. The number of hydrogen-bond donors (Lipinski definition) is 2. The van der Waals surface area contributed by atoms with Gasteiger partial charge in [0, 0.05) is 24.3 Å². The molecule has 1 unspecified atom stereocenters. The quantitative estimate of drug-likeness (QED) is 0.884. The fourth-order valence-electron chi connectivity index (χ4n) is 3.01. The number of nitrogens with zero attached hydrogens (tertiary/aromatic N) is 2. The van der Waals surface area contributed by atoms with Crippen molar-refractivity contribution in [1.82, 2.24) is 14.9 Å². The molecule has 0 saturated heterocycles. The van der Waals surface area contributed by atoms with Crippen LogP contribution in [-0.2, 0) is 11.3 Å². The molecule has 6 heteroatoms. The summed E-state index contributed by atoms with van der Waals surface area (Å²) in [7, 11) is 0. The number of aromatic nitrogens is 2. The maximum absolute atomic E-state index is 12.7. The van der Waals surface area contributed by atoms with E-state index in [1.165, 1.54) is 4.90 Å². The molecule has 2 aromatic heterocycles. The van der Waals surface area contributed by atoms with Gasteiger partial charge >= 0.3 is 5.97 Å². The molecule has 110 valence electrons. The van der Waals surface area contributed by atoms with E-state index in [-0.39, 0.29) is 12.5 Å². The van der Waals surface area contributed by atoms with Gasteiger partial charge in [0.2, 0.25) is 0 Å². The van der Waals surface area contributed by atoms with Crippen LogP contribution in [-0.4, -0.2) is 37.9 Å². The number of carboxylic acid groups (broad SMARTS) is 1. The molecule has 1 aliphatic rings. The number of hydrogen-bond acceptors (Lipinski definition) is 3. The molecule has 6 nitrogen and oxygen atoms in total. The molecule has 1 atom stereocenters. The summed E-state index contributed by atoms with van der Waals surface area (Å²) in [5, 5.41) is 10.4. The van der Waals surface area contributed by atoms with Crippen LogP contribution in [0.1, 0.15) is 36.7 Å². The van der Waals surface area contributed by atoms with Crippen LogP contribution in [0.2, 0.25) is 0 Å². The Morgan fingerprint density at radius 1 is 1.48 bits per heavy atom. The monoisotopic (exact) mass is 287 g/mol. The molecule has 0 fully saturated rings. The molecule has 2 aromatic rings. The number of rotatable bonds is 2. The Bertz CT molecular complexity index is 742. The van der Waals surface area contributed by atoms with Gasteiger partial charge in [0.1, 0.15) is 11.7 Å². The van der Waals surface area contributed by atoms with E-state index >= 15 is 0 Å². The van der Waals surface area contributed by atoms with Crippen molar-refractivity contribution < 1.29 is 14.7 Å². The first kappa shape index (κ1) is 13.6. The molecular formula is C15H17N3O3. The average molecular weight is 287 g/mol. The van der Waals surface area contributed by atoms with Gasteiger partial charge in [-0.05, 0) is 17.0 Å². The molecule has 0 spiro atoms. The van der Waals surface area contributed by atoms with Gasteiger partial charge in [-0.25, -0.2) is 9.78 Å². The second kappa shape index (κ2) is 4.31. The summed E-state index contributed by atoms with van der Waals surface area (Å²) in [6, 6.07) is 0.956. The number of aromatic amines is 1. The van der Waals surface area contributed by atoms with Crippen LogP contribution in [0.15, 0.2) is 18.5 Å². The lowest BCUT2D eigenvalue weighted by molar-refractivity contribution is -0.146. The number of carbonyl (C=O) groups is 2. The summed E-state index contributed by atoms with van der Waals surface area (Å²) in [5.41, 5.74) is 1.53. The highest BCUT2D eigenvalue weighted by Crippen LogP contribution is 2.34. The van der Waals surface area contributed by atoms with Gasteiger partial charge in [0.05, 0.1) is 5.56 Å². The lowest BCUT2D eigenvalue weighted by Crippen LogP contribution is -2.52. The third-order valence-electron chi connectivity index (χ3n) is 3.86. The zero-order valence-corrected chi connectivity index (χ0v) is 12.2. The Balaban J connectivity index is 2.13. The van der Waals surface area contributed by atoms with Crippen molar-refractivity contribution in [1.29, 1.82) is 0 Å². The summed E-state index contributed by atoms with van der Waals surface area (Å²) in [6.45, 7) is 5.77. The smallest absolute Gasteiger partial charge is 0.326 e. The molecule has 0 bridgehead atoms. The minimum atomic E-state index is -0.986. The van der Waals surface area contributed by atoms with E-state index in [9.17, 15) is 14.7 Å². The van der Waals surface area contributed by atoms with Crippen LogP contribution in [0.5, 0.6) is 0 Å². The largest absolute Gasteiger partial charge is 0.480 e. The Hall–Kier alpha value is -2.37. The molecule has 2 N–H and O–H groups in total. The first-order valence-electron chi connectivity index (χ1n) is 6.79. The second-order valence-corrected chi connectivity index (χ2v) is 6.44. The fraction of sp³-hybridized carbons (Fsp3) is 0.400. The molecule has 21 heavy (non-hydrogen) atoms. The second-order valence-electron chi connectivity index (χ2n) is 6.44. The maximum Gasteiger partial charge on any atom is 0.326 e. The van der Waals surface area contributed by atoms with E-state index in [1.54, 1.807) is 12.4 Å². The summed E-state index contributed by atoms with van der Waals surface area (Å²) in [5.74, 6) is -1.25. The third-order valence-corrected chi connectivity index (χ3v) is 3.86. The van der Waals surface area contributed by atoms with E-state index in [0.29, 0.717) is 11.2 Å². The van der Waals surface area contributed by atoms with Gasteiger partial charge in [-0.2, -0.15) is 0 Å². The molecule has 1 amide bonds. The minimum absolute atomic E-state index is 0.260. The number of H-pyrrole nitrogens is 1.